The molecule has 3 rings (SSSR count). The van der Waals surface area contributed by atoms with Gasteiger partial charge in [-0.25, -0.2) is 4.79 Å². The molecule has 1 N–H and O–H groups in total. The largest absolute Gasteiger partial charge is 0.482 e. The van der Waals surface area contributed by atoms with Crippen LogP contribution in [0.25, 0.3) is 0 Å². The third kappa shape index (κ3) is 5.98. The van der Waals surface area contributed by atoms with Crippen LogP contribution in [0.4, 0.5) is 11.4 Å². The molecule has 29 heavy (non-hydrogen) atoms. The molecule has 154 valence electrons. The van der Waals surface area contributed by atoms with Gasteiger partial charge in [0.1, 0.15) is 5.75 Å². The number of amides is 1. The van der Waals surface area contributed by atoms with E-state index in [0.29, 0.717) is 11.4 Å². The van der Waals surface area contributed by atoms with Crippen LogP contribution in [0, 0.1) is 13.8 Å². The highest BCUT2D eigenvalue weighted by Gasteiger charge is 2.12. The zero-order valence-corrected chi connectivity index (χ0v) is 17.1. The molecule has 1 aliphatic rings. The van der Waals surface area contributed by atoms with Gasteiger partial charge >= 0.3 is 5.97 Å². The Balaban J connectivity index is 1.41. The van der Waals surface area contributed by atoms with E-state index >= 15 is 0 Å². The van der Waals surface area contributed by atoms with Crippen LogP contribution in [0.1, 0.15) is 30.4 Å². The minimum Gasteiger partial charge on any atom is -0.482 e. The first-order valence-electron chi connectivity index (χ1n) is 10.0. The maximum atomic E-state index is 12.0. The average molecular weight is 396 g/mol. The minimum absolute atomic E-state index is 0.234. The smallest absolute Gasteiger partial charge is 0.344 e. The lowest BCUT2D eigenvalue weighted by Crippen LogP contribution is -2.29. The number of hydrogen-bond donors (Lipinski definition) is 1. The quantitative estimate of drug-likeness (QED) is 0.720. The van der Waals surface area contributed by atoms with Crippen LogP contribution in [-0.2, 0) is 14.3 Å². The Bertz CT molecular complexity index is 842. The normalized spacial score (nSPS) is 13.7. The minimum atomic E-state index is -0.582. The highest BCUT2D eigenvalue weighted by atomic mass is 16.6. The molecule has 1 fully saturated rings. The Labute approximate surface area is 171 Å². The Morgan fingerprint density at radius 2 is 1.69 bits per heavy atom. The summed E-state index contributed by atoms with van der Waals surface area (Å²) in [5.41, 5.74) is 3.91. The van der Waals surface area contributed by atoms with E-state index in [4.69, 9.17) is 9.47 Å². The molecule has 1 aliphatic heterocycles. The third-order valence-corrected chi connectivity index (χ3v) is 5.14. The Hall–Kier alpha value is -3.02. The van der Waals surface area contributed by atoms with Gasteiger partial charge in [0, 0.05) is 24.5 Å². The molecule has 0 aromatic heterocycles. The number of ether oxygens (including phenoxy) is 2. The van der Waals surface area contributed by atoms with Crippen LogP contribution in [0.3, 0.4) is 0 Å². The summed E-state index contributed by atoms with van der Waals surface area (Å²) in [5.74, 6) is -0.322. The molecule has 0 saturated carbocycles. The molecule has 0 bridgehead atoms. The fourth-order valence-electron chi connectivity index (χ4n) is 3.31. The number of piperidine rings is 1. The Kier molecular flexibility index (Phi) is 7.11. The van der Waals surface area contributed by atoms with E-state index in [0.717, 1.165) is 29.9 Å². The predicted molar refractivity (Wildman–Crippen MR) is 114 cm³/mol. The number of carbonyl (C=O) groups excluding carboxylic acids is 2. The number of benzene rings is 2. The monoisotopic (exact) mass is 396 g/mol. The molecule has 0 unspecified atom stereocenters. The van der Waals surface area contributed by atoms with E-state index in [9.17, 15) is 9.59 Å². The van der Waals surface area contributed by atoms with Crippen LogP contribution in [0.2, 0.25) is 0 Å². The molecule has 6 nitrogen and oxygen atoms in total. The molecular weight excluding hydrogens is 368 g/mol. The molecule has 6 heteroatoms. The van der Waals surface area contributed by atoms with Gasteiger partial charge in [0.05, 0.1) is 0 Å². The van der Waals surface area contributed by atoms with Crippen molar-refractivity contribution in [2.45, 2.75) is 33.1 Å². The molecule has 2 aromatic rings. The number of anilines is 2. The second kappa shape index (κ2) is 9.96. The van der Waals surface area contributed by atoms with E-state index in [1.807, 2.05) is 50.2 Å². The highest BCUT2D eigenvalue weighted by Crippen LogP contribution is 2.22. The lowest BCUT2D eigenvalue weighted by Gasteiger charge is -2.28. The van der Waals surface area contributed by atoms with E-state index in [2.05, 4.69) is 10.2 Å². The molecule has 0 radical (unpaired) electrons. The topological polar surface area (TPSA) is 67.9 Å². The summed E-state index contributed by atoms with van der Waals surface area (Å²) in [7, 11) is 0. The molecule has 0 aliphatic carbocycles. The lowest BCUT2D eigenvalue weighted by atomic mass is 10.1. The zero-order valence-electron chi connectivity index (χ0n) is 17.1. The summed E-state index contributed by atoms with van der Waals surface area (Å²) in [6.45, 7) is 5.48. The zero-order chi connectivity index (χ0) is 20.6. The number of hydrogen-bond acceptors (Lipinski definition) is 5. The van der Waals surface area contributed by atoms with Crippen molar-refractivity contribution < 1.29 is 19.1 Å². The van der Waals surface area contributed by atoms with Crippen molar-refractivity contribution in [3.05, 3.63) is 53.6 Å². The van der Waals surface area contributed by atoms with Crippen LogP contribution < -0.4 is 15.0 Å². The number of rotatable bonds is 7. The van der Waals surface area contributed by atoms with Crippen molar-refractivity contribution in [3.8, 4) is 5.75 Å². The van der Waals surface area contributed by atoms with Crippen LogP contribution >= 0.6 is 0 Å². The third-order valence-electron chi connectivity index (χ3n) is 5.14. The van der Waals surface area contributed by atoms with Gasteiger partial charge in [0.15, 0.2) is 13.2 Å². The maximum Gasteiger partial charge on any atom is 0.344 e. The van der Waals surface area contributed by atoms with Crippen LogP contribution in [0.5, 0.6) is 5.75 Å². The summed E-state index contributed by atoms with van der Waals surface area (Å²) in [5, 5.41) is 2.74. The first kappa shape index (κ1) is 20.7. The predicted octanol–water partition coefficient (Wildman–Crippen LogP) is 3.85. The van der Waals surface area contributed by atoms with Crippen molar-refractivity contribution in [3.63, 3.8) is 0 Å². The average Bonchev–Trinajstić information content (AvgIpc) is 2.74. The maximum absolute atomic E-state index is 12.0. The van der Waals surface area contributed by atoms with Gasteiger partial charge < -0.3 is 19.7 Å². The number of nitrogens with one attached hydrogen (secondary N) is 1. The van der Waals surface area contributed by atoms with Gasteiger partial charge in [0.25, 0.3) is 5.91 Å². The van der Waals surface area contributed by atoms with Crippen molar-refractivity contribution in [2.75, 3.05) is 36.5 Å². The lowest BCUT2D eigenvalue weighted by molar-refractivity contribution is -0.149. The number of esters is 1. The van der Waals surface area contributed by atoms with E-state index in [-0.39, 0.29) is 19.1 Å². The molecule has 0 spiro atoms. The van der Waals surface area contributed by atoms with Gasteiger partial charge in [-0.2, -0.15) is 0 Å². The van der Waals surface area contributed by atoms with Gasteiger partial charge in [-0.15, -0.1) is 0 Å². The van der Waals surface area contributed by atoms with Crippen LogP contribution in [-0.4, -0.2) is 38.2 Å². The summed E-state index contributed by atoms with van der Waals surface area (Å²) in [6.07, 6.45) is 3.73. The van der Waals surface area contributed by atoms with Crippen molar-refractivity contribution in [2.24, 2.45) is 0 Å². The first-order chi connectivity index (χ1) is 14.0. The summed E-state index contributed by atoms with van der Waals surface area (Å²) in [4.78, 5) is 26.2. The Morgan fingerprint density at radius 3 is 2.41 bits per heavy atom. The van der Waals surface area contributed by atoms with E-state index in [1.54, 1.807) is 6.07 Å². The van der Waals surface area contributed by atoms with Crippen molar-refractivity contribution >= 4 is 23.3 Å². The fourth-order valence-corrected chi connectivity index (χ4v) is 3.31. The summed E-state index contributed by atoms with van der Waals surface area (Å²) >= 11 is 0. The molecule has 2 aromatic carbocycles. The van der Waals surface area contributed by atoms with Crippen LogP contribution in [0.15, 0.2) is 42.5 Å². The summed E-state index contributed by atoms with van der Waals surface area (Å²) in [6, 6.07) is 13.4. The van der Waals surface area contributed by atoms with Crippen molar-refractivity contribution in [1.29, 1.82) is 0 Å². The molecular formula is C23H28N2O4. The van der Waals surface area contributed by atoms with E-state index < -0.39 is 5.97 Å². The number of nitrogens with zero attached hydrogens (tertiary/aromatic N) is 1. The van der Waals surface area contributed by atoms with Gasteiger partial charge in [-0.05, 0) is 74.6 Å². The molecule has 1 amide bonds. The fraction of sp³-hybridized carbons (Fsp3) is 0.391. The van der Waals surface area contributed by atoms with Gasteiger partial charge in [-0.1, -0.05) is 12.1 Å². The van der Waals surface area contributed by atoms with Gasteiger partial charge in [-0.3, -0.25) is 4.79 Å². The molecule has 0 atom stereocenters. The van der Waals surface area contributed by atoms with E-state index in [1.165, 1.54) is 19.3 Å². The second-order valence-electron chi connectivity index (χ2n) is 7.29. The SMILES string of the molecule is Cc1cccc(OCC(=O)OCC(=O)Nc2ccc(N3CCCCC3)cc2)c1C. The second-order valence-corrected chi connectivity index (χ2v) is 7.29. The number of aryl methyl sites for hydroxylation is 1. The first-order valence-corrected chi connectivity index (χ1v) is 10.0. The Morgan fingerprint density at radius 1 is 0.966 bits per heavy atom. The summed E-state index contributed by atoms with van der Waals surface area (Å²) < 4.78 is 10.5. The standard InChI is InChI=1S/C23H28N2O4/c1-17-7-6-8-21(18(17)2)28-16-23(27)29-15-22(26)24-19-9-11-20(12-10-19)25-13-4-3-5-14-25/h6-12H,3-5,13-16H2,1-2H3,(H,24,26). The van der Waals surface area contributed by atoms with Crippen molar-refractivity contribution in [1.82, 2.24) is 0 Å². The van der Waals surface area contributed by atoms with Gasteiger partial charge in [0.2, 0.25) is 0 Å². The molecule has 1 saturated heterocycles. The number of carbonyl (C=O) groups is 2. The molecule has 1 heterocycles. The highest BCUT2D eigenvalue weighted by molar-refractivity contribution is 5.93.